The summed E-state index contributed by atoms with van der Waals surface area (Å²) in [6.07, 6.45) is 0. The Morgan fingerprint density at radius 1 is 1.37 bits per heavy atom. The minimum atomic E-state index is -0.227. The second-order valence-corrected chi connectivity index (χ2v) is 4.23. The maximum atomic E-state index is 11.3. The van der Waals surface area contributed by atoms with Gasteiger partial charge in [-0.05, 0) is 24.2 Å². The van der Waals surface area contributed by atoms with Gasteiger partial charge in [-0.3, -0.25) is 9.69 Å². The average Bonchev–Trinajstić information content (AvgIpc) is 2.45. The number of hydrogen-bond donors (Lipinski definition) is 1. The second-order valence-electron chi connectivity index (χ2n) is 4.23. The van der Waals surface area contributed by atoms with Gasteiger partial charge >= 0.3 is 5.97 Å². The van der Waals surface area contributed by atoms with Gasteiger partial charge in [0.25, 0.3) is 0 Å². The first-order chi connectivity index (χ1) is 9.14. The van der Waals surface area contributed by atoms with Crippen LogP contribution in [0.25, 0.3) is 0 Å². The third-order valence-electron chi connectivity index (χ3n) is 3.00. The lowest BCUT2D eigenvalue weighted by atomic mass is 10.1. The summed E-state index contributed by atoms with van der Waals surface area (Å²) >= 11 is 0. The number of nitrogens with zero attached hydrogens (tertiary/aromatic N) is 1. The molecule has 0 aliphatic heterocycles. The van der Waals surface area contributed by atoms with Crippen molar-refractivity contribution in [2.24, 2.45) is 5.73 Å². The van der Waals surface area contributed by atoms with Gasteiger partial charge in [0.1, 0.15) is 5.75 Å². The topological polar surface area (TPSA) is 64.8 Å². The normalized spacial score (nSPS) is 10.6. The molecule has 0 unspecified atom stereocenters. The lowest BCUT2D eigenvalue weighted by molar-refractivity contribution is -0.142. The monoisotopic (exact) mass is 266 g/mol. The molecule has 1 rings (SSSR count). The number of nitrogens with two attached hydrogens (primary N) is 1. The predicted octanol–water partition coefficient (Wildman–Crippen LogP) is 1.15. The van der Waals surface area contributed by atoms with Crippen LogP contribution in [-0.2, 0) is 22.6 Å². The summed E-state index contributed by atoms with van der Waals surface area (Å²) in [5.74, 6) is 0.566. The first-order valence-electron chi connectivity index (χ1n) is 6.29. The zero-order valence-electron chi connectivity index (χ0n) is 11.8. The van der Waals surface area contributed by atoms with Crippen LogP contribution < -0.4 is 10.5 Å². The van der Waals surface area contributed by atoms with Crippen molar-refractivity contribution in [1.82, 2.24) is 4.90 Å². The Bertz CT molecular complexity index is 421. The molecule has 0 heterocycles. The molecule has 0 radical (unpaired) electrons. The maximum Gasteiger partial charge on any atom is 0.319 e. The molecule has 0 aromatic heterocycles. The molecule has 1 aromatic rings. The van der Waals surface area contributed by atoms with E-state index in [-0.39, 0.29) is 12.5 Å². The number of likely N-dealkylation sites (N-methyl/N-ethyl adjacent to an activating group) is 1. The smallest absolute Gasteiger partial charge is 0.319 e. The third kappa shape index (κ3) is 4.54. The van der Waals surface area contributed by atoms with Crippen molar-refractivity contribution in [2.45, 2.75) is 20.0 Å². The van der Waals surface area contributed by atoms with Crippen LogP contribution in [-0.4, -0.2) is 38.2 Å². The Hall–Kier alpha value is -1.59. The molecule has 2 N–H and O–H groups in total. The highest BCUT2D eigenvalue weighted by Gasteiger charge is 2.11. The number of carbonyl (C=O) groups excluding carboxylic acids is 1. The molecule has 5 nitrogen and oxygen atoms in total. The Kier molecular flexibility index (Phi) is 6.32. The molecule has 0 saturated carbocycles. The molecule has 0 fully saturated rings. The van der Waals surface area contributed by atoms with E-state index in [9.17, 15) is 4.79 Å². The van der Waals surface area contributed by atoms with Gasteiger partial charge < -0.3 is 15.2 Å². The van der Waals surface area contributed by atoms with Crippen molar-refractivity contribution in [3.05, 3.63) is 29.3 Å². The SMILES string of the molecule is CCN(CC(=O)OC)Cc1ccc(OC)c(CN)c1. The van der Waals surface area contributed by atoms with Crippen molar-refractivity contribution in [2.75, 3.05) is 27.3 Å². The van der Waals surface area contributed by atoms with Gasteiger partial charge in [0.15, 0.2) is 0 Å². The van der Waals surface area contributed by atoms with Crippen molar-refractivity contribution in [3.8, 4) is 5.75 Å². The lowest BCUT2D eigenvalue weighted by Crippen LogP contribution is -2.30. The van der Waals surface area contributed by atoms with Crippen LogP contribution in [0, 0.1) is 0 Å². The number of esters is 1. The Balaban J connectivity index is 2.77. The number of carbonyl (C=O) groups is 1. The number of benzene rings is 1. The minimum absolute atomic E-state index is 0.227. The average molecular weight is 266 g/mol. The van der Waals surface area contributed by atoms with E-state index in [0.29, 0.717) is 13.1 Å². The highest BCUT2D eigenvalue weighted by molar-refractivity contribution is 5.71. The summed E-state index contributed by atoms with van der Waals surface area (Å²) in [6, 6.07) is 5.90. The lowest BCUT2D eigenvalue weighted by Gasteiger charge is -2.19. The highest BCUT2D eigenvalue weighted by Crippen LogP contribution is 2.20. The standard InChI is InChI=1S/C14H22N2O3/c1-4-16(10-14(17)19-3)9-11-5-6-13(18-2)12(7-11)8-15/h5-7H,4,8-10,15H2,1-3H3. The summed E-state index contributed by atoms with van der Waals surface area (Å²) in [6.45, 7) is 4.19. The largest absolute Gasteiger partial charge is 0.496 e. The number of ether oxygens (including phenoxy) is 2. The quantitative estimate of drug-likeness (QED) is 0.750. The fourth-order valence-corrected chi connectivity index (χ4v) is 1.87. The molecule has 106 valence electrons. The van der Waals surface area contributed by atoms with Crippen molar-refractivity contribution < 1.29 is 14.3 Å². The number of methoxy groups -OCH3 is 2. The molecule has 0 aliphatic carbocycles. The van der Waals surface area contributed by atoms with Crippen LogP contribution in [0.2, 0.25) is 0 Å². The molecule has 0 atom stereocenters. The van der Waals surface area contributed by atoms with Gasteiger partial charge in [0.05, 0.1) is 20.8 Å². The van der Waals surface area contributed by atoms with Crippen LogP contribution in [0.5, 0.6) is 5.75 Å². The van der Waals surface area contributed by atoms with Crippen LogP contribution in [0.4, 0.5) is 0 Å². The molecular formula is C14H22N2O3. The van der Waals surface area contributed by atoms with E-state index in [1.807, 2.05) is 30.0 Å². The fraction of sp³-hybridized carbons (Fsp3) is 0.500. The highest BCUT2D eigenvalue weighted by atomic mass is 16.5. The number of hydrogen-bond acceptors (Lipinski definition) is 5. The second kappa shape index (κ2) is 7.76. The molecule has 0 spiro atoms. The third-order valence-corrected chi connectivity index (χ3v) is 3.00. The summed E-state index contributed by atoms with van der Waals surface area (Å²) < 4.78 is 9.92. The van der Waals surface area contributed by atoms with Crippen molar-refractivity contribution in [3.63, 3.8) is 0 Å². The summed E-state index contributed by atoms with van der Waals surface area (Å²) in [5.41, 5.74) is 7.76. The summed E-state index contributed by atoms with van der Waals surface area (Å²) in [4.78, 5) is 13.3. The van der Waals surface area contributed by atoms with Crippen LogP contribution in [0.3, 0.4) is 0 Å². The molecule has 5 heteroatoms. The van der Waals surface area contributed by atoms with E-state index < -0.39 is 0 Å². The van der Waals surface area contributed by atoms with Crippen LogP contribution in [0.1, 0.15) is 18.1 Å². The Labute approximate surface area is 114 Å². The first-order valence-corrected chi connectivity index (χ1v) is 6.29. The zero-order valence-corrected chi connectivity index (χ0v) is 11.8. The molecule has 0 amide bonds. The van der Waals surface area contributed by atoms with Crippen LogP contribution in [0.15, 0.2) is 18.2 Å². The van der Waals surface area contributed by atoms with Crippen LogP contribution >= 0.6 is 0 Å². The van der Waals surface area contributed by atoms with Gasteiger partial charge in [-0.25, -0.2) is 0 Å². The molecule has 0 saturated heterocycles. The predicted molar refractivity (Wildman–Crippen MR) is 73.9 cm³/mol. The summed E-state index contributed by atoms with van der Waals surface area (Å²) in [7, 11) is 3.03. The minimum Gasteiger partial charge on any atom is -0.496 e. The van der Waals surface area contributed by atoms with Gasteiger partial charge in [-0.2, -0.15) is 0 Å². The van der Waals surface area contributed by atoms with Gasteiger partial charge in [-0.15, -0.1) is 0 Å². The van der Waals surface area contributed by atoms with E-state index in [4.69, 9.17) is 10.5 Å². The van der Waals surface area contributed by atoms with E-state index in [1.165, 1.54) is 7.11 Å². The van der Waals surface area contributed by atoms with Gasteiger partial charge in [0, 0.05) is 18.7 Å². The molecule has 0 aliphatic rings. The Morgan fingerprint density at radius 3 is 2.63 bits per heavy atom. The van der Waals surface area contributed by atoms with E-state index in [2.05, 4.69) is 4.74 Å². The maximum absolute atomic E-state index is 11.3. The summed E-state index contributed by atoms with van der Waals surface area (Å²) in [5, 5.41) is 0. The zero-order chi connectivity index (χ0) is 14.3. The van der Waals surface area contributed by atoms with E-state index >= 15 is 0 Å². The molecule has 0 bridgehead atoms. The first kappa shape index (κ1) is 15.5. The van der Waals surface area contributed by atoms with Crippen molar-refractivity contribution in [1.29, 1.82) is 0 Å². The van der Waals surface area contributed by atoms with Gasteiger partial charge in [0.2, 0.25) is 0 Å². The molecule has 19 heavy (non-hydrogen) atoms. The van der Waals surface area contributed by atoms with Gasteiger partial charge in [-0.1, -0.05) is 13.0 Å². The van der Waals surface area contributed by atoms with E-state index in [0.717, 1.165) is 23.4 Å². The van der Waals surface area contributed by atoms with Crippen molar-refractivity contribution >= 4 is 5.97 Å². The fourth-order valence-electron chi connectivity index (χ4n) is 1.87. The Morgan fingerprint density at radius 2 is 2.11 bits per heavy atom. The molecular weight excluding hydrogens is 244 g/mol. The van der Waals surface area contributed by atoms with E-state index in [1.54, 1.807) is 7.11 Å². The molecule has 1 aromatic carbocycles. The number of rotatable bonds is 7.